The quantitative estimate of drug-likeness (QED) is 0.714. The van der Waals surface area contributed by atoms with E-state index in [1.165, 1.54) is 11.4 Å². The molecule has 2 aromatic rings. The van der Waals surface area contributed by atoms with Gasteiger partial charge in [-0.05, 0) is 43.0 Å². The molecule has 27 heavy (non-hydrogen) atoms. The molecule has 3 rings (SSSR count). The summed E-state index contributed by atoms with van der Waals surface area (Å²) in [6.45, 7) is 4.18. The minimum atomic E-state index is -3.69. The lowest BCUT2D eigenvalue weighted by molar-refractivity contribution is 0.0996. The van der Waals surface area contributed by atoms with Gasteiger partial charge in [-0.1, -0.05) is 12.1 Å². The van der Waals surface area contributed by atoms with E-state index in [2.05, 4.69) is 4.72 Å². The predicted molar refractivity (Wildman–Crippen MR) is 108 cm³/mol. The maximum absolute atomic E-state index is 13.4. The van der Waals surface area contributed by atoms with Crippen LogP contribution in [0.15, 0.2) is 28.5 Å². The van der Waals surface area contributed by atoms with Gasteiger partial charge in [0.15, 0.2) is 5.78 Å². The second kappa shape index (κ2) is 8.83. The number of hydrogen-bond acceptors (Lipinski definition) is 5. The number of rotatable bonds is 6. The van der Waals surface area contributed by atoms with E-state index >= 15 is 0 Å². The van der Waals surface area contributed by atoms with Crippen molar-refractivity contribution < 1.29 is 22.3 Å². The van der Waals surface area contributed by atoms with Crippen molar-refractivity contribution in [2.24, 2.45) is 0 Å². The maximum Gasteiger partial charge on any atom is 0.242 e. The van der Waals surface area contributed by atoms with Gasteiger partial charge in [0, 0.05) is 24.4 Å². The highest BCUT2D eigenvalue weighted by Crippen LogP contribution is 2.28. The van der Waals surface area contributed by atoms with E-state index in [-0.39, 0.29) is 42.5 Å². The number of Topliss-reactive ketones (excluding diaryl/α,β-unsaturated/α-hetero) is 1. The third kappa shape index (κ3) is 4.97. The van der Waals surface area contributed by atoms with Crippen molar-refractivity contribution >= 4 is 40.6 Å². The minimum Gasteiger partial charge on any atom is -0.380 e. The highest BCUT2D eigenvalue weighted by Gasteiger charge is 2.27. The molecule has 0 spiro atoms. The number of ether oxygens (including phenoxy) is 1. The Morgan fingerprint density at radius 2 is 2.11 bits per heavy atom. The van der Waals surface area contributed by atoms with Gasteiger partial charge in [0.25, 0.3) is 0 Å². The Hall–Kier alpha value is -1.26. The summed E-state index contributed by atoms with van der Waals surface area (Å²) in [5.41, 5.74) is 1.63. The van der Waals surface area contributed by atoms with Crippen molar-refractivity contribution in [2.45, 2.75) is 37.6 Å². The highest BCUT2D eigenvalue weighted by molar-refractivity contribution is 7.89. The summed E-state index contributed by atoms with van der Waals surface area (Å²) in [6.07, 6.45) is 0.740. The van der Waals surface area contributed by atoms with Gasteiger partial charge in [0.05, 0.1) is 16.4 Å². The van der Waals surface area contributed by atoms with Crippen LogP contribution in [0.5, 0.6) is 0 Å². The Morgan fingerprint density at radius 3 is 2.74 bits per heavy atom. The molecule has 1 atom stereocenters. The normalized spacial score (nSPS) is 16.9. The molecular weight excluding hydrogens is 409 g/mol. The summed E-state index contributed by atoms with van der Waals surface area (Å²) in [5.74, 6) is -0.493. The number of benzene rings is 1. The van der Waals surface area contributed by atoms with Crippen LogP contribution >= 0.6 is 24.8 Å². The smallest absolute Gasteiger partial charge is 0.242 e. The van der Waals surface area contributed by atoms with Crippen molar-refractivity contribution in [3.05, 3.63) is 51.0 Å². The number of carbonyl (C=O) groups is 1. The van der Waals surface area contributed by atoms with E-state index in [0.717, 1.165) is 11.3 Å². The molecule has 5 nitrogen and oxygen atoms in total. The maximum atomic E-state index is 13.4. The molecule has 1 N–H and O–H groups in total. The van der Waals surface area contributed by atoms with E-state index in [1.807, 2.05) is 0 Å². The molecule has 0 aliphatic carbocycles. The molecular formula is C18H22FNO4S3. The second-order valence-electron chi connectivity index (χ2n) is 6.42. The second-order valence-corrected chi connectivity index (χ2v) is 8.98. The number of carbonyl (C=O) groups excluding carboxylic acids is 1. The molecule has 1 fully saturated rings. The van der Waals surface area contributed by atoms with Gasteiger partial charge in [-0.2, -0.15) is 13.5 Å². The Labute approximate surface area is 169 Å². The van der Waals surface area contributed by atoms with Crippen molar-refractivity contribution in [1.29, 1.82) is 0 Å². The first-order valence-electron chi connectivity index (χ1n) is 8.24. The van der Waals surface area contributed by atoms with Gasteiger partial charge >= 0.3 is 0 Å². The lowest BCUT2D eigenvalue weighted by atomic mass is 10.0. The third-order valence-corrected chi connectivity index (χ3v) is 7.29. The average Bonchev–Trinajstić information content (AvgIpc) is 3.20. The molecule has 0 bridgehead atoms. The Kier molecular flexibility index (Phi) is 7.20. The van der Waals surface area contributed by atoms with Crippen LogP contribution in [0.1, 0.15) is 32.8 Å². The SMILES string of the molecule is Cc1cc(CC(=O)c2scc(S(=O)(=O)N[C@H]3CCOC3)c2C)ccc1F.S. The van der Waals surface area contributed by atoms with Crippen molar-refractivity contribution in [3.8, 4) is 0 Å². The van der Waals surface area contributed by atoms with Crippen LogP contribution in [0.2, 0.25) is 0 Å². The van der Waals surface area contributed by atoms with Crippen molar-refractivity contribution in [2.75, 3.05) is 13.2 Å². The molecule has 1 aliphatic rings. The number of halogens is 1. The van der Waals surface area contributed by atoms with Crippen molar-refractivity contribution in [1.82, 2.24) is 4.72 Å². The zero-order valence-electron chi connectivity index (χ0n) is 15.0. The molecule has 0 saturated carbocycles. The molecule has 1 aliphatic heterocycles. The first kappa shape index (κ1) is 22.0. The fraction of sp³-hybridized carbons (Fsp3) is 0.389. The topological polar surface area (TPSA) is 72.5 Å². The van der Waals surface area contributed by atoms with Crippen molar-refractivity contribution in [3.63, 3.8) is 0 Å². The first-order chi connectivity index (χ1) is 12.3. The number of sulfonamides is 1. The zero-order chi connectivity index (χ0) is 18.9. The van der Waals surface area contributed by atoms with Gasteiger partial charge < -0.3 is 4.74 Å². The van der Waals surface area contributed by atoms with Gasteiger partial charge in [0.2, 0.25) is 10.0 Å². The predicted octanol–water partition coefficient (Wildman–Crippen LogP) is 3.11. The molecule has 1 saturated heterocycles. The summed E-state index contributed by atoms with van der Waals surface area (Å²) in [6, 6.07) is 4.31. The number of hydrogen-bond donors (Lipinski definition) is 1. The van der Waals surface area contributed by atoms with Gasteiger partial charge in [-0.15, -0.1) is 11.3 Å². The van der Waals surface area contributed by atoms with Gasteiger partial charge in [-0.3, -0.25) is 4.79 Å². The first-order valence-corrected chi connectivity index (χ1v) is 10.6. The van der Waals surface area contributed by atoms with Crippen LogP contribution in [0.25, 0.3) is 0 Å². The Morgan fingerprint density at radius 1 is 1.37 bits per heavy atom. The highest BCUT2D eigenvalue weighted by atomic mass is 32.2. The van der Waals surface area contributed by atoms with E-state index < -0.39 is 10.0 Å². The molecule has 0 unspecified atom stereocenters. The molecule has 9 heteroatoms. The van der Waals surface area contributed by atoms with Gasteiger partial charge in [-0.25, -0.2) is 17.5 Å². The number of ketones is 1. The lowest BCUT2D eigenvalue weighted by Crippen LogP contribution is -2.35. The van der Waals surface area contributed by atoms with Crippen LogP contribution in [-0.2, 0) is 21.2 Å². The van der Waals surface area contributed by atoms with E-state index in [4.69, 9.17) is 4.74 Å². The third-order valence-electron chi connectivity index (χ3n) is 4.38. The van der Waals surface area contributed by atoms with Crippen LogP contribution < -0.4 is 4.72 Å². The summed E-state index contributed by atoms with van der Waals surface area (Å²) in [5, 5.41) is 1.50. The summed E-state index contributed by atoms with van der Waals surface area (Å²) in [4.78, 5) is 13.1. The molecule has 1 aromatic heterocycles. The number of aryl methyl sites for hydroxylation is 1. The average molecular weight is 432 g/mol. The van der Waals surface area contributed by atoms with Gasteiger partial charge in [0.1, 0.15) is 5.82 Å². The molecule has 0 amide bonds. The fourth-order valence-corrected chi connectivity index (χ4v) is 5.80. The molecule has 1 aromatic carbocycles. The van der Waals surface area contributed by atoms with E-state index in [0.29, 0.717) is 41.2 Å². The number of nitrogens with one attached hydrogen (secondary N) is 1. The summed E-state index contributed by atoms with van der Waals surface area (Å²) >= 11 is 1.12. The van der Waals surface area contributed by atoms with E-state index in [1.54, 1.807) is 26.0 Å². The molecule has 148 valence electrons. The fourth-order valence-electron chi connectivity index (χ4n) is 2.93. The number of thiophene rings is 1. The van der Waals surface area contributed by atoms with Crippen LogP contribution in [-0.4, -0.2) is 33.5 Å². The monoisotopic (exact) mass is 431 g/mol. The Bertz CT molecular complexity index is 934. The molecule has 2 heterocycles. The largest absolute Gasteiger partial charge is 0.380 e. The minimum absolute atomic E-state index is 0. The van der Waals surface area contributed by atoms with E-state index in [9.17, 15) is 17.6 Å². The van der Waals surface area contributed by atoms with Crippen LogP contribution in [0.4, 0.5) is 4.39 Å². The standard InChI is InChI=1S/C18H20FNO4S2.H2S/c1-11-7-13(3-4-15(11)19)8-16(21)18-12(2)17(10-25-18)26(22,23)20-14-5-6-24-9-14;/h3-4,7,10,14,20H,5-6,8-9H2,1-2H3;1H2/t14-;/m0./s1. The van der Waals surface area contributed by atoms with Crippen LogP contribution in [0, 0.1) is 19.7 Å². The summed E-state index contributed by atoms with van der Waals surface area (Å²) < 4.78 is 46.3. The summed E-state index contributed by atoms with van der Waals surface area (Å²) in [7, 11) is -3.69. The van der Waals surface area contributed by atoms with Crippen LogP contribution in [0.3, 0.4) is 0 Å². The zero-order valence-corrected chi connectivity index (χ0v) is 17.7. The Balaban J connectivity index is 0.00000261. The lowest BCUT2D eigenvalue weighted by Gasteiger charge is -2.11. The molecule has 0 radical (unpaired) electrons.